The number of rotatable bonds is 2. The molecule has 0 spiro atoms. The van der Waals surface area contributed by atoms with Crippen LogP contribution in [0.2, 0.25) is 0 Å². The zero-order valence-corrected chi connectivity index (χ0v) is 18.5. The summed E-state index contributed by atoms with van der Waals surface area (Å²) in [5.74, 6) is -9.06. The number of benzene rings is 1. The monoisotopic (exact) mass is 458 g/mol. The van der Waals surface area contributed by atoms with Gasteiger partial charge in [-0.15, -0.1) is 0 Å². The lowest BCUT2D eigenvalue weighted by Gasteiger charge is -2.57. The average molecular weight is 458 g/mol. The Labute approximate surface area is 189 Å². The summed E-state index contributed by atoms with van der Waals surface area (Å²) >= 11 is 0. The van der Waals surface area contributed by atoms with Crippen LogP contribution in [0.15, 0.2) is 35.1 Å². The van der Waals surface area contributed by atoms with Crippen LogP contribution in [0.25, 0.3) is 5.76 Å². The fourth-order valence-corrected chi connectivity index (χ4v) is 5.86. The molecule has 0 aliphatic heterocycles. The fourth-order valence-electron chi connectivity index (χ4n) is 5.86. The second kappa shape index (κ2) is 6.89. The molecule has 1 fully saturated rings. The summed E-state index contributed by atoms with van der Waals surface area (Å²) in [7, 11) is 2.98. The molecule has 4 rings (SSSR count). The Morgan fingerprint density at radius 1 is 1.12 bits per heavy atom. The highest BCUT2D eigenvalue weighted by Gasteiger charge is 2.72. The minimum atomic E-state index is -3.00. The van der Waals surface area contributed by atoms with E-state index in [4.69, 9.17) is 5.73 Å². The third-order valence-electron chi connectivity index (χ3n) is 7.75. The van der Waals surface area contributed by atoms with Crippen LogP contribution in [-0.4, -0.2) is 79.2 Å². The number of fused-ring (bicyclic) bond motifs is 3. The standard InChI is InChI=1S/C23H26N2O8/c1-8-9-6-5-7-10(26)12(9)15(27)13-11(8)16(28)17-22(2,25(3)4)18(29)14(21(24)32)20(31)23(17,33)19(13)30/h5-8,11,16-17,26-29,33H,1-4H3,(H2,24,32)/t8?,11?,16?,17?,22-,23?/m0/s1. The summed E-state index contributed by atoms with van der Waals surface area (Å²) in [5, 5.41) is 55.5. The van der Waals surface area contributed by atoms with Crippen molar-refractivity contribution in [2.75, 3.05) is 14.1 Å². The van der Waals surface area contributed by atoms with Gasteiger partial charge in [0.1, 0.15) is 22.8 Å². The van der Waals surface area contributed by atoms with Gasteiger partial charge in [0.05, 0.1) is 23.1 Å². The van der Waals surface area contributed by atoms with E-state index in [9.17, 15) is 39.9 Å². The lowest BCUT2D eigenvalue weighted by Crippen LogP contribution is -2.75. The van der Waals surface area contributed by atoms with E-state index in [-0.39, 0.29) is 11.3 Å². The molecule has 0 saturated heterocycles. The van der Waals surface area contributed by atoms with Crippen molar-refractivity contribution in [2.24, 2.45) is 17.6 Å². The predicted octanol–water partition coefficient (Wildman–Crippen LogP) is -0.114. The molecule has 176 valence electrons. The smallest absolute Gasteiger partial charge is 0.255 e. The van der Waals surface area contributed by atoms with E-state index in [1.165, 1.54) is 32.0 Å². The number of phenols is 1. The molecule has 3 aliphatic rings. The Bertz CT molecular complexity index is 1180. The largest absolute Gasteiger partial charge is 0.509 e. The maximum Gasteiger partial charge on any atom is 0.255 e. The zero-order valence-electron chi connectivity index (χ0n) is 18.5. The molecular weight excluding hydrogens is 432 g/mol. The number of nitrogens with two attached hydrogens (primary N) is 1. The van der Waals surface area contributed by atoms with Crippen LogP contribution in [-0.2, 0) is 14.4 Å². The van der Waals surface area contributed by atoms with Crippen molar-refractivity contribution < 1.29 is 39.9 Å². The fraction of sp³-hybridized carbons (Fsp3) is 0.435. The van der Waals surface area contributed by atoms with Gasteiger partial charge in [0.15, 0.2) is 5.60 Å². The van der Waals surface area contributed by atoms with E-state index < -0.39 is 75.1 Å². The number of Topliss-reactive ketones (excluding diaryl/α,β-unsaturated/α-hetero) is 2. The molecule has 1 saturated carbocycles. The number of phenolic OH excluding ortho intramolecular Hbond substituents is 1. The lowest BCUT2D eigenvalue weighted by atomic mass is 9.50. The number of nitrogens with zero attached hydrogens (tertiary/aromatic N) is 1. The highest BCUT2D eigenvalue weighted by atomic mass is 16.3. The van der Waals surface area contributed by atoms with E-state index in [1.54, 1.807) is 19.1 Å². The van der Waals surface area contributed by atoms with Crippen LogP contribution in [0.4, 0.5) is 0 Å². The number of primary amides is 1. The molecule has 1 amide bonds. The van der Waals surface area contributed by atoms with Crippen LogP contribution in [0, 0.1) is 11.8 Å². The molecule has 6 atom stereocenters. The summed E-state index contributed by atoms with van der Waals surface area (Å²) < 4.78 is 0. The van der Waals surface area contributed by atoms with Gasteiger partial charge in [-0.05, 0) is 38.6 Å². The molecule has 7 N–H and O–H groups in total. The molecule has 10 heteroatoms. The van der Waals surface area contributed by atoms with Gasteiger partial charge in [-0.1, -0.05) is 19.1 Å². The van der Waals surface area contributed by atoms with E-state index >= 15 is 0 Å². The topological polar surface area (TPSA) is 182 Å². The number of aromatic hydroxyl groups is 1. The van der Waals surface area contributed by atoms with Gasteiger partial charge in [0, 0.05) is 11.5 Å². The van der Waals surface area contributed by atoms with E-state index in [0.717, 1.165) is 0 Å². The molecule has 5 unspecified atom stereocenters. The Morgan fingerprint density at radius 2 is 1.73 bits per heavy atom. The van der Waals surface area contributed by atoms with E-state index in [0.29, 0.717) is 5.56 Å². The minimum Gasteiger partial charge on any atom is -0.509 e. The predicted molar refractivity (Wildman–Crippen MR) is 115 cm³/mol. The Kier molecular flexibility index (Phi) is 4.80. The first kappa shape index (κ1) is 23.0. The summed E-state index contributed by atoms with van der Waals surface area (Å²) in [6.45, 7) is 3.06. The van der Waals surface area contributed by atoms with Crippen LogP contribution in [0.3, 0.4) is 0 Å². The van der Waals surface area contributed by atoms with Crippen molar-refractivity contribution in [3.05, 3.63) is 46.2 Å². The summed E-state index contributed by atoms with van der Waals surface area (Å²) in [6.07, 6.45) is -1.62. The number of amides is 1. The molecule has 0 bridgehead atoms. The SMILES string of the molecule is CC1c2cccc(O)c2C(O)=C2C(=O)C3(O)C(=O)C(C(N)=O)=C(O)[C@@](C)(N(C)C)C3C(O)C21. The molecule has 1 aromatic carbocycles. The quantitative estimate of drug-likeness (QED) is 0.260. The number of aliphatic hydroxyl groups excluding tert-OH is 3. The number of likely N-dealkylation sites (N-methyl/N-ethyl adjacent to an activating group) is 1. The Hall–Kier alpha value is -3.21. The van der Waals surface area contributed by atoms with Crippen molar-refractivity contribution in [2.45, 2.75) is 37.0 Å². The first-order valence-electron chi connectivity index (χ1n) is 10.4. The molecular formula is C23H26N2O8. The van der Waals surface area contributed by atoms with Gasteiger partial charge in [-0.2, -0.15) is 0 Å². The highest BCUT2D eigenvalue weighted by molar-refractivity contribution is 6.33. The molecule has 1 aromatic rings. The number of carbonyl (C=O) groups excluding carboxylic acids is 3. The van der Waals surface area contributed by atoms with Crippen LogP contribution >= 0.6 is 0 Å². The number of ketones is 2. The van der Waals surface area contributed by atoms with Crippen molar-refractivity contribution in [3.8, 4) is 5.75 Å². The summed E-state index contributed by atoms with van der Waals surface area (Å²) in [6, 6.07) is 4.49. The normalized spacial score (nSPS) is 36.0. The summed E-state index contributed by atoms with van der Waals surface area (Å²) in [4.78, 5) is 40.5. The van der Waals surface area contributed by atoms with Gasteiger partial charge in [-0.3, -0.25) is 19.3 Å². The second-order valence-corrected chi connectivity index (χ2v) is 9.34. The molecule has 0 heterocycles. The number of hydrogen-bond donors (Lipinski definition) is 6. The molecule has 0 aromatic heterocycles. The van der Waals surface area contributed by atoms with Crippen molar-refractivity contribution in [1.82, 2.24) is 4.90 Å². The van der Waals surface area contributed by atoms with Gasteiger partial charge in [-0.25, -0.2) is 0 Å². The van der Waals surface area contributed by atoms with Gasteiger partial charge in [0.25, 0.3) is 5.91 Å². The Morgan fingerprint density at radius 3 is 2.27 bits per heavy atom. The van der Waals surface area contributed by atoms with Crippen LogP contribution in [0.5, 0.6) is 5.75 Å². The zero-order chi connectivity index (χ0) is 24.8. The second-order valence-electron chi connectivity index (χ2n) is 9.34. The van der Waals surface area contributed by atoms with Crippen molar-refractivity contribution >= 4 is 23.2 Å². The van der Waals surface area contributed by atoms with Crippen LogP contribution in [0.1, 0.15) is 30.9 Å². The van der Waals surface area contributed by atoms with Gasteiger partial charge < -0.3 is 31.3 Å². The lowest BCUT2D eigenvalue weighted by molar-refractivity contribution is -0.184. The molecule has 0 radical (unpaired) electrons. The number of aliphatic hydroxyl groups is 4. The van der Waals surface area contributed by atoms with Crippen molar-refractivity contribution in [1.29, 1.82) is 0 Å². The average Bonchev–Trinajstić information content (AvgIpc) is 2.72. The molecule has 10 nitrogen and oxygen atoms in total. The molecule has 33 heavy (non-hydrogen) atoms. The minimum absolute atomic E-state index is 0.0361. The third-order valence-corrected chi connectivity index (χ3v) is 7.75. The third kappa shape index (κ3) is 2.51. The van der Waals surface area contributed by atoms with Crippen molar-refractivity contribution in [3.63, 3.8) is 0 Å². The van der Waals surface area contributed by atoms with E-state index in [2.05, 4.69) is 0 Å². The first-order valence-corrected chi connectivity index (χ1v) is 10.4. The van der Waals surface area contributed by atoms with Gasteiger partial charge >= 0.3 is 0 Å². The maximum atomic E-state index is 13.8. The highest BCUT2D eigenvalue weighted by Crippen LogP contribution is 2.57. The summed E-state index contributed by atoms with van der Waals surface area (Å²) in [5.41, 5.74) is -0.382. The van der Waals surface area contributed by atoms with E-state index in [1.807, 2.05) is 0 Å². The number of carbonyl (C=O) groups is 3. The van der Waals surface area contributed by atoms with Gasteiger partial charge in [0.2, 0.25) is 11.6 Å². The number of hydrogen-bond acceptors (Lipinski definition) is 9. The maximum absolute atomic E-state index is 13.8. The van der Waals surface area contributed by atoms with Crippen LogP contribution < -0.4 is 5.73 Å². The Balaban J connectivity index is 2.09. The molecule has 3 aliphatic carbocycles. The first-order chi connectivity index (χ1) is 15.2.